The number of nitrogens with one attached hydrogen (secondary N) is 1. The molecule has 1 unspecified atom stereocenters. The van der Waals surface area contributed by atoms with Crippen LogP contribution in [0.2, 0.25) is 0 Å². The lowest BCUT2D eigenvalue weighted by Crippen LogP contribution is -2.49. The van der Waals surface area contributed by atoms with Crippen molar-refractivity contribution in [3.63, 3.8) is 0 Å². The molecule has 1 aliphatic rings. The molecule has 0 aliphatic carbocycles. The number of amidine groups is 1. The summed E-state index contributed by atoms with van der Waals surface area (Å²) in [5.41, 5.74) is 0. The van der Waals surface area contributed by atoms with Crippen molar-refractivity contribution in [3.8, 4) is 0 Å². The third-order valence-electron chi connectivity index (χ3n) is 3.68. The van der Waals surface area contributed by atoms with Crippen LogP contribution in [0, 0.1) is 11.8 Å². The molecule has 17 heavy (non-hydrogen) atoms. The van der Waals surface area contributed by atoms with Crippen molar-refractivity contribution in [1.82, 2.24) is 10.2 Å². The summed E-state index contributed by atoms with van der Waals surface area (Å²) < 4.78 is 0. The van der Waals surface area contributed by atoms with E-state index in [1.807, 2.05) is 7.05 Å². The van der Waals surface area contributed by atoms with Gasteiger partial charge in [-0.2, -0.15) is 0 Å². The first kappa shape index (κ1) is 14.5. The molecule has 1 fully saturated rings. The molecule has 1 N–H and O–H groups in total. The largest absolute Gasteiger partial charge is 0.358 e. The van der Waals surface area contributed by atoms with Crippen molar-refractivity contribution in [2.24, 2.45) is 16.8 Å². The smallest absolute Gasteiger partial charge is 0.102 e. The van der Waals surface area contributed by atoms with Crippen LogP contribution in [-0.2, 0) is 0 Å². The first-order valence-electron chi connectivity index (χ1n) is 7.13. The van der Waals surface area contributed by atoms with Gasteiger partial charge in [-0.3, -0.25) is 4.99 Å². The predicted molar refractivity (Wildman–Crippen MR) is 75.7 cm³/mol. The van der Waals surface area contributed by atoms with Gasteiger partial charge < -0.3 is 10.2 Å². The Bertz CT molecular complexity index is 230. The molecule has 0 saturated carbocycles. The molecular weight excluding hydrogens is 210 g/mol. The summed E-state index contributed by atoms with van der Waals surface area (Å²) in [7, 11) is 1.96. The minimum absolute atomic E-state index is 0.637. The van der Waals surface area contributed by atoms with Gasteiger partial charge >= 0.3 is 0 Å². The molecule has 0 bridgehead atoms. The highest BCUT2D eigenvalue weighted by atomic mass is 15.2. The number of rotatable bonds is 5. The van der Waals surface area contributed by atoms with Crippen LogP contribution in [0.25, 0.3) is 0 Å². The monoisotopic (exact) mass is 239 g/mol. The number of unbranched alkanes of at least 4 members (excludes halogenated alkanes) is 1. The molecule has 1 atom stereocenters. The Balaban J connectivity index is 2.66. The van der Waals surface area contributed by atoms with E-state index in [0.717, 1.165) is 26.2 Å². The van der Waals surface area contributed by atoms with Crippen LogP contribution in [0.1, 0.15) is 40.0 Å². The van der Waals surface area contributed by atoms with Crippen molar-refractivity contribution in [2.45, 2.75) is 40.0 Å². The fraction of sp³-hybridized carbons (Fsp3) is 0.929. The molecule has 1 aliphatic heterocycles. The lowest BCUT2D eigenvalue weighted by atomic mass is 9.88. The lowest BCUT2D eigenvalue weighted by Gasteiger charge is -2.35. The first-order chi connectivity index (χ1) is 8.20. The third-order valence-corrected chi connectivity index (χ3v) is 3.68. The first-order valence-corrected chi connectivity index (χ1v) is 7.13. The average molecular weight is 239 g/mol. The van der Waals surface area contributed by atoms with Gasteiger partial charge in [-0.1, -0.05) is 33.6 Å². The zero-order chi connectivity index (χ0) is 12.7. The maximum atomic E-state index is 4.60. The van der Waals surface area contributed by atoms with E-state index < -0.39 is 0 Å². The van der Waals surface area contributed by atoms with E-state index in [9.17, 15) is 0 Å². The van der Waals surface area contributed by atoms with E-state index in [-0.39, 0.29) is 0 Å². The fourth-order valence-electron chi connectivity index (χ4n) is 2.62. The highest BCUT2D eigenvalue weighted by molar-refractivity contribution is 5.85. The Kier molecular flexibility index (Phi) is 6.56. The second-order valence-electron chi connectivity index (χ2n) is 5.31. The second-order valence-corrected chi connectivity index (χ2v) is 5.31. The Morgan fingerprint density at radius 3 is 2.41 bits per heavy atom. The van der Waals surface area contributed by atoms with Gasteiger partial charge in [-0.25, -0.2) is 0 Å². The summed E-state index contributed by atoms with van der Waals surface area (Å²) in [5.74, 6) is 2.67. The highest BCUT2D eigenvalue weighted by Crippen LogP contribution is 2.22. The standard InChI is InChI=1S/C14H29N3/c1-5-6-7-13(12(2)3)14(15-4)17-10-8-16-9-11-17/h12-13,16H,5-11H2,1-4H3. The Morgan fingerprint density at radius 2 is 1.94 bits per heavy atom. The van der Waals surface area contributed by atoms with Gasteiger partial charge in [0, 0.05) is 39.1 Å². The third kappa shape index (κ3) is 4.30. The van der Waals surface area contributed by atoms with Gasteiger partial charge in [0.05, 0.1) is 0 Å². The van der Waals surface area contributed by atoms with Crippen LogP contribution in [-0.4, -0.2) is 44.0 Å². The lowest BCUT2D eigenvalue weighted by molar-refractivity contribution is 0.316. The van der Waals surface area contributed by atoms with Crippen molar-refractivity contribution in [1.29, 1.82) is 0 Å². The molecule has 0 aromatic heterocycles. The summed E-state index contributed by atoms with van der Waals surface area (Å²) >= 11 is 0. The molecular formula is C14H29N3. The van der Waals surface area contributed by atoms with Crippen LogP contribution in [0.5, 0.6) is 0 Å². The van der Waals surface area contributed by atoms with Gasteiger partial charge in [-0.15, -0.1) is 0 Å². The number of aliphatic imine (C=N–C) groups is 1. The zero-order valence-corrected chi connectivity index (χ0v) is 12.0. The van der Waals surface area contributed by atoms with Gasteiger partial charge in [0.1, 0.15) is 5.84 Å². The second kappa shape index (κ2) is 7.70. The molecule has 0 radical (unpaired) electrons. The highest BCUT2D eigenvalue weighted by Gasteiger charge is 2.24. The summed E-state index contributed by atoms with van der Waals surface area (Å²) in [6, 6.07) is 0. The van der Waals surface area contributed by atoms with Crippen LogP contribution in [0.15, 0.2) is 4.99 Å². The van der Waals surface area contributed by atoms with Crippen molar-refractivity contribution >= 4 is 5.84 Å². The van der Waals surface area contributed by atoms with E-state index in [0.29, 0.717) is 11.8 Å². The van der Waals surface area contributed by atoms with E-state index in [4.69, 9.17) is 0 Å². The van der Waals surface area contributed by atoms with Crippen molar-refractivity contribution in [2.75, 3.05) is 33.2 Å². The Hall–Kier alpha value is -0.570. The molecule has 0 aromatic rings. The van der Waals surface area contributed by atoms with E-state index >= 15 is 0 Å². The summed E-state index contributed by atoms with van der Waals surface area (Å²) in [6.45, 7) is 11.3. The van der Waals surface area contributed by atoms with E-state index in [1.165, 1.54) is 25.1 Å². The Labute approximate surface area is 107 Å². The molecule has 1 rings (SSSR count). The Morgan fingerprint density at radius 1 is 1.29 bits per heavy atom. The van der Waals surface area contributed by atoms with Gasteiger partial charge in [0.15, 0.2) is 0 Å². The minimum atomic E-state index is 0.637. The van der Waals surface area contributed by atoms with Crippen LogP contribution >= 0.6 is 0 Å². The van der Waals surface area contributed by atoms with Crippen molar-refractivity contribution in [3.05, 3.63) is 0 Å². The van der Waals surface area contributed by atoms with Crippen LogP contribution in [0.3, 0.4) is 0 Å². The number of hydrogen-bond donors (Lipinski definition) is 1. The average Bonchev–Trinajstić information content (AvgIpc) is 2.35. The molecule has 1 heterocycles. The number of hydrogen-bond acceptors (Lipinski definition) is 2. The maximum Gasteiger partial charge on any atom is 0.102 e. The SMILES string of the molecule is CCCCC(C(=NC)N1CCNCC1)C(C)C. The summed E-state index contributed by atoms with van der Waals surface area (Å²) in [4.78, 5) is 7.08. The fourth-order valence-corrected chi connectivity index (χ4v) is 2.62. The molecule has 3 heteroatoms. The molecule has 100 valence electrons. The normalized spacial score (nSPS) is 19.8. The molecule has 1 saturated heterocycles. The zero-order valence-electron chi connectivity index (χ0n) is 12.0. The van der Waals surface area contributed by atoms with Gasteiger partial charge in [0.2, 0.25) is 0 Å². The molecule has 0 aromatic carbocycles. The van der Waals surface area contributed by atoms with E-state index in [2.05, 4.69) is 36.0 Å². The van der Waals surface area contributed by atoms with Gasteiger partial charge in [-0.05, 0) is 12.3 Å². The van der Waals surface area contributed by atoms with Crippen molar-refractivity contribution < 1.29 is 0 Å². The topological polar surface area (TPSA) is 27.6 Å². The predicted octanol–water partition coefficient (Wildman–Crippen LogP) is 2.38. The summed E-state index contributed by atoms with van der Waals surface area (Å²) in [5, 5.41) is 3.41. The van der Waals surface area contributed by atoms with Gasteiger partial charge in [0.25, 0.3) is 0 Å². The maximum absolute atomic E-state index is 4.60. The summed E-state index contributed by atoms with van der Waals surface area (Å²) in [6.07, 6.45) is 3.88. The molecule has 0 spiro atoms. The van der Waals surface area contributed by atoms with Crippen LogP contribution < -0.4 is 5.32 Å². The quantitative estimate of drug-likeness (QED) is 0.589. The molecule has 3 nitrogen and oxygen atoms in total. The number of piperazine rings is 1. The molecule has 0 amide bonds. The minimum Gasteiger partial charge on any atom is -0.358 e. The van der Waals surface area contributed by atoms with Crippen LogP contribution in [0.4, 0.5) is 0 Å². The number of nitrogens with zero attached hydrogens (tertiary/aromatic N) is 2. The van der Waals surface area contributed by atoms with E-state index in [1.54, 1.807) is 0 Å².